The minimum atomic E-state index is -1.67. The molecule has 0 radical (unpaired) electrons. The van der Waals surface area contributed by atoms with Crippen LogP contribution in [0.15, 0.2) is 42.5 Å². The van der Waals surface area contributed by atoms with E-state index in [-0.39, 0.29) is 33.8 Å². The molecule has 1 aromatic heterocycles. The first-order valence-corrected chi connectivity index (χ1v) is 17.6. The predicted octanol–water partition coefficient (Wildman–Crippen LogP) is 4.91. The number of carbonyl (C=O) groups excluding carboxylic acids is 6. The SMILES string of the molecule is COC(=O)[C@H]1O[C@@H](Oc2cc3c(c4ccccc24)C(CCl)CN3C(=O)c2ccc(C(=O)OC(C)(C)C)s2)[C@H](OC(C)=O)[C@@H](OC(C)=O)[C@@H]1OC(C)=O. The van der Waals surface area contributed by atoms with Crippen LogP contribution in [0.4, 0.5) is 5.69 Å². The fourth-order valence-electron chi connectivity index (χ4n) is 6.15. The number of hydrogen-bond acceptors (Lipinski definition) is 14. The molecular weight excluding hydrogens is 722 g/mol. The Hall–Kier alpha value is -4.73. The zero-order valence-corrected chi connectivity index (χ0v) is 31.0. The summed E-state index contributed by atoms with van der Waals surface area (Å²) < 4.78 is 39.2. The van der Waals surface area contributed by atoms with E-state index in [2.05, 4.69) is 0 Å². The second-order valence-electron chi connectivity index (χ2n) is 13.1. The van der Waals surface area contributed by atoms with Crippen LogP contribution >= 0.6 is 22.9 Å². The first kappa shape index (κ1) is 38.5. The number of rotatable bonds is 9. The second kappa shape index (κ2) is 15.5. The first-order valence-electron chi connectivity index (χ1n) is 16.2. The van der Waals surface area contributed by atoms with Crippen molar-refractivity contribution in [1.82, 2.24) is 0 Å². The minimum Gasteiger partial charge on any atom is -0.467 e. The highest BCUT2D eigenvalue weighted by Gasteiger charge is 2.56. The maximum absolute atomic E-state index is 14.1. The van der Waals surface area contributed by atoms with Gasteiger partial charge in [0.05, 0.1) is 17.7 Å². The van der Waals surface area contributed by atoms with E-state index in [4.69, 9.17) is 44.8 Å². The van der Waals surface area contributed by atoms with E-state index in [0.29, 0.717) is 16.5 Å². The van der Waals surface area contributed by atoms with E-state index in [0.717, 1.165) is 44.8 Å². The molecule has 1 saturated heterocycles. The van der Waals surface area contributed by atoms with Gasteiger partial charge in [-0.2, -0.15) is 0 Å². The van der Waals surface area contributed by atoms with Crippen LogP contribution in [0.25, 0.3) is 10.8 Å². The number of alkyl halides is 1. The fourth-order valence-corrected chi connectivity index (χ4v) is 7.24. The third-order valence-corrected chi connectivity index (χ3v) is 9.48. The van der Waals surface area contributed by atoms with Crippen LogP contribution in [0.3, 0.4) is 0 Å². The molecule has 5 rings (SSSR count). The highest BCUT2D eigenvalue weighted by molar-refractivity contribution is 7.16. The van der Waals surface area contributed by atoms with Gasteiger partial charge in [-0.05, 0) is 43.9 Å². The highest BCUT2D eigenvalue weighted by Crippen LogP contribution is 2.47. The highest BCUT2D eigenvalue weighted by atomic mass is 35.5. The van der Waals surface area contributed by atoms with Crippen molar-refractivity contribution < 1.29 is 61.9 Å². The molecule has 1 fully saturated rings. The van der Waals surface area contributed by atoms with Gasteiger partial charge in [0.15, 0.2) is 18.3 Å². The lowest BCUT2D eigenvalue weighted by molar-refractivity contribution is -0.282. The van der Waals surface area contributed by atoms with E-state index in [1.54, 1.807) is 51.1 Å². The first-order chi connectivity index (χ1) is 24.5. The number of nitrogens with zero attached hydrogens (tertiary/aromatic N) is 1. The molecule has 1 amide bonds. The van der Waals surface area contributed by atoms with Crippen molar-refractivity contribution in [3.8, 4) is 5.75 Å². The van der Waals surface area contributed by atoms with Crippen molar-refractivity contribution in [2.75, 3.05) is 24.4 Å². The fraction of sp³-hybridized carbons (Fsp3) is 0.444. The Morgan fingerprint density at radius 1 is 0.865 bits per heavy atom. The Kier molecular flexibility index (Phi) is 11.5. The maximum Gasteiger partial charge on any atom is 0.348 e. The molecule has 0 bridgehead atoms. The van der Waals surface area contributed by atoms with Crippen molar-refractivity contribution in [1.29, 1.82) is 0 Å². The third kappa shape index (κ3) is 8.16. The van der Waals surface area contributed by atoms with Crippen molar-refractivity contribution in [3.63, 3.8) is 0 Å². The molecule has 2 aliphatic rings. The van der Waals surface area contributed by atoms with Gasteiger partial charge in [-0.15, -0.1) is 22.9 Å². The summed E-state index contributed by atoms with van der Waals surface area (Å²) >= 11 is 7.47. The van der Waals surface area contributed by atoms with Gasteiger partial charge in [0.25, 0.3) is 5.91 Å². The summed E-state index contributed by atoms with van der Waals surface area (Å²) in [7, 11) is 1.09. The number of anilines is 1. The van der Waals surface area contributed by atoms with Crippen molar-refractivity contribution >= 4 is 75.2 Å². The number of fused-ring (bicyclic) bond motifs is 3. The lowest BCUT2D eigenvalue weighted by Crippen LogP contribution is -2.64. The molecule has 1 unspecified atom stereocenters. The Morgan fingerprint density at radius 3 is 2.06 bits per heavy atom. The third-order valence-electron chi connectivity index (χ3n) is 8.05. The molecule has 0 aliphatic carbocycles. The summed E-state index contributed by atoms with van der Waals surface area (Å²) in [6.07, 6.45) is -8.00. The number of thiophene rings is 1. The average Bonchev–Trinajstić information content (AvgIpc) is 3.71. The number of methoxy groups -OCH3 is 1. The molecule has 3 heterocycles. The van der Waals surface area contributed by atoms with E-state index < -0.39 is 72.1 Å². The van der Waals surface area contributed by atoms with Crippen LogP contribution in [0.2, 0.25) is 0 Å². The van der Waals surface area contributed by atoms with E-state index in [9.17, 15) is 28.8 Å². The molecule has 278 valence electrons. The monoisotopic (exact) mass is 759 g/mol. The molecule has 0 N–H and O–H groups in total. The summed E-state index contributed by atoms with van der Waals surface area (Å²) in [6.45, 7) is 8.73. The number of carbonyl (C=O) groups is 6. The van der Waals surface area contributed by atoms with E-state index in [1.165, 1.54) is 11.0 Å². The lowest BCUT2D eigenvalue weighted by Gasteiger charge is -2.43. The number of benzene rings is 2. The summed E-state index contributed by atoms with van der Waals surface area (Å²) in [5, 5.41) is 1.25. The molecule has 2 aromatic carbocycles. The van der Waals surface area contributed by atoms with Crippen molar-refractivity contribution in [3.05, 3.63) is 57.8 Å². The molecule has 6 atom stereocenters. The normalized spacial score (nSPS) is 22.6. The quantitative estimate of drug-likeness (QED) is 0.164. The van der Waals surface area contributed by atoms with Crippen LogP contribution in [0.1, 0.15) is 72.4 Å². The Balaban J connectivity index is 1.60. The molecule has 16 heteroatoms. The number of halogens is 1. The van der Waals surface area contributed by atoms with Gasteiger partial charge in [0.2, 0.25) is 12.4 Å². The van der Waals surface area contributed by atoms with Gasteiger partial charge in [-0.1, -0.05) is 24.3 Å². The summed E-state index contributed by atoms with van der Waals surface area (Å²) in [5.41, 5.74) is 0.503. The standard InChI is InChI=1S/C36H38ClNO13S/c1-17(39)46-28-29(47-18(2)40)31(48-19(3)41)35(50-30(28)34(44)45-7)49-24-14-23-27(22-11-9-8-10-21(22)24)20(15-37)16-38(23)32(42)25-12-13-26(52-25)33(43)51-36(4,5)6/h8-14,20,28-31,35H,15-16H2,1-7H3/t20?,28-,29-,30-,31+,35+/m0/s1. The second-order valence-corrected chi connectivity index (χ2v) is 14.5. The zero-order chi connectivity index (χ0) is 38.1. The Labute approximate surface area is 308 Å². The molecule has 3 aromatic rings. The Bertz CT molecular complexity index is 1900. The largest absolute Gasteiger partial charge is 0.467 e. The number of ether oxygens (including phenoxy) is 7. The van der Waals surface area contributed by atoms with Crippen LogP contribution in [0.5, 0.6) is 5.75 Å². The summed E-state index contributed by atoms with van der Waals surface area (Å²) in [5.74, 6) is -4.40. The summed E-state index contributed by atoms with van der Waals surface area (Å²) in [4.78, 5) is 78.7. The number of amides is 1. The predicted molar refractivity (Wildman–Crippen MR) is 187 cm³/mol. The summed E-state index contributed by atoms with van der Waals surface area (Å²) in [6, 6.07) is 11.9. The molecule has 0 spiro atoms. The molecule has 0 saturated carbocycles. The average molecular weight is 760 g/mol. The van der Waals surface area contributed by atoms with Crippen LogP contribution in [-0.2, 0) is 47.6 Å². The van der Waals surface area contributed by atoms with Crippen LogP contribution in [0, 0.1) is 0 Å². The minimum absolute atomic E-state index is 0.140. The van der Waals surface area contributed by atoms with E-state index >= 15 is 0 Å². The van der Waals surface area contributed by atoms with Gasteiger partial charge in [0.1, 0.15) is 16.2 Å². The van der Waals surface area contributed by atoms with Gasteiger partial charge in [0, 0.05) is 50.6 Å². The van der Waals surface area contributed by atoms with E-state index in [1.807, 2.05) is 6.07 Å². The maximum atomic E-state index is 14.1. The topological polar surface area (TPSA) is 170 Å². The van der Waals surface area contributed by atoms with Crippen molar-refractivity contribution in [2.24, 2.45) is 0 Å². The molecular formula is C36H38ClNO13S. The van der Waals surface area contributed by atoms with Gasteiger partial charge < -0.3 is 38.1 Å². The van der Waals surface area contributed by atoms with Crippen molar-refractivity contribution in [2.45, 2.75) is 83.8 Å². The smallest absolute Gasteiger partial charge is 0.348 e. The number of esters is 5. The van der Waals surface area contributed by atoms with Gasteiger partial charge in [-0.3, -0.25) is 19.2 Å². The van der Waals surface area contributed by atoms with Gasteiger partial charge >= 0.3 is 29.8 Å². The van der Waals surface area contributed by atoms with Gasteiger partial charge in [-0.25, -0.2) is 9.59 Å². The molecule has 2 aliphatic heterocycles. The van der Waals surface area contributed by atoms with Crippen LogP contribution < -0.4 is 9.64 Å². The number of hydrogen-bond donors (Lipinski definition) is 0. The Morgan fingerprint density at radius 2 is 1.46 bits per heavy atom. The zero-order valence-electron chi connectivity index (χ0n) is 29.5. The van der Waals surface area contributed by atoms with Crippen LogP contribution in [-0.4, -0.2) is 91.6 Å². The lowest BCUT2D eigenvalue weighted by atomic mass is 9.95. The molecule has 14 nitrogen and oxygen atoms in total. The molecule has 52 heavy (non-hydrogen) atoms.